The lowest BCUT2D eigenvalue weighted by molar-refractivity contribution is 0.568. The molecular weight excluding hydrogens is 386 g/mol. The van der Waals surface area contributed by atoms with E-state index in [2.05, 4.69) is 82.4 Å². The molecule has 3 aromatic rings. The highest BCUT2D eigenvalue weighted by atomic mass is 79.9. The molecule has 3 nitrogen and oxygen atoms in total. The molecule has 1 fully saturated rings. The van der Waals surface area contributed by atoms with E-state index in [1.165, 1.54) is 24.8 Å². The van der Waals surface area contributed by atoms with E-state index in [1.807, 2.05) is 0 Å². The quantitative estimate of drug-likeness (QED) is 0.543. The van der Waals surface area contributed by atoms with Crippen LogP contribution in [0.25, 0.3) is 22.5 Å². The molecule has 0 unspecified atom stereocenters. The van der Waals surface area contributed by atoms with Gasteiger partial charge < -0.3 is 4.90 Å². The topological polar surface area (TPSA) is 29.0 Å². The van der Waals surface area contributed by atoms with Crippen LogP contribution in [-0.2, 0) is 0 Å². The van der Waals surface area contributed by atoms with Crippen LogP contribution >= 0.6 is 15.9 Å². The zero-order valence-corrected chi connectivity index (χ0v) is 16.5. The van der Waals surface area contributed by atoms with Crippen molar-refractivity contribution >= 4 is 21.9 Å². The Morgan fingerprint density at radius 2 is 1.31 bits per heavy atom. The highest BCUT2D eigenvalue weighted by Gasteiger charge is 2.16. The van der Waals surface area contributed by atoms with Crippen LogP contribution in [0.3, 0.4) is 0 Å². The van der Waals surface area contributed by atoms with Crippen molar-refractivity contribution in [2.75, 3.05) is 18.0 Å². The second-order valence-corrected chi connectivity index (χ2v) is 7.77. The molecule has 1 aliphatic heterocycles. The Balaban J connectivity index is 1.80. The number of hydrogen-bond acceptors (Lipinski definition) is 3. The van der Waals surface area contributed by atoms with Crippen LogP contribution in [0.2, 0.25) is 0 Å². The zero-order chi connectivity index (χ0) is 17.9. The van der Waals surface area contributed by atoms with Crippen molar-refractivity contribution in [2.24, 2.45) is 0 Å². The Kier molecular flexibility index (Phi) is 5.02. The van der Waals surface area contributed by atoms with Gasteiger partial charge in [-0.05, 0) is 44.4 Å². The Labute approximate surface area is 163 Å². The molecule has 0 radical (unpaired) electrons. The predicted molar refractivity (Wildman–Crippen MR) is 111 cm³/mol. The summed E-state index contributed by atoms with van der Waals surface area (Å²) in [5, 5.41) is 0. The maximum absolute atomic E-state index is 4.91. The van der Waals surface area contributed by atoms with Crippen molar-refractivity contribution in [2.45, 2.75) is 26.2 Å². The maximum Gasteiger partial charge on any atom is 0.226 e. The van der Waals surface area contributed by atoms with E-state index in [0.29, 0.717) is 0 Å². The second-order valence-electron chi connectivity index (χ2n) is 6.86. The van der Waals surface area contributed by atoms with Crippen molar-refractivity contribution < 1.29 is 0 Å². The lowest BCUT2D eigenvalue weighted by Crippen LogP contribution is -2.31. The molecule has 0 amide bonds. The summed E-state index contributed by atoms with van der Waals surface area (Å²) in [6.45, 7) is 4.18. The number of rotatable bonds is 3. The SMILES string of the molecule is Cc1ccc(-c2cc(-c3ccc(Br)cc3)nc(N3CCCCC3)n2)cc1. The average molecular weight is 408 g/mol. The highest BCUT2D eigenvalue weighted by molar-refractivity contribution is 9.10. The summed E-state index contributed by atoms with van der Waals surface area (Å²) in [4.78, 5) is 12.1. The van der Waals surface area contributed by atoms with E-state index >= 15 is 0 Å². The molecule has 1 aromatic heterocycles. The van der Waals surface area contributed by atoms with Crippen LogP contribution in [-0.4, -0.2) is 23.1 Å². The lowest BCUT2D eigenvalue weighted by Gasteiger charge is -2.27. The number of hydrogen-bond donors (Lipinski definition) is 0. The molecule has 0 N–H and O–H groups in total. The van der Waals surface area contributed by atoms with Gasteiger partial charge in [-0.25, -0.2) is 9.97 Å². The summed E-state index contributed by atoms with van der Waals surface area (Å²) in [6, 6.07) is 19.0. The van der Waals surface area contributed by atoms with Gasteiger partial charge in [-0.1, -0.05) is 57.9 Å². The van der Waals surface area contributed by atoms with E-state index in [4.69, 9.17) is 9.97 Å². The second kappa shape index (κ2) is 7.58. The Morgan fingerprint density at radius 1 is 0.769 bits per heavy atom. The fraction of sp³-hybridized carbons (Fsp3) is 0.273. The first-order valence-electron chi connectivity index (χ1n) is 9.16. The van der Waals surface area contributed by atoms with Gasteiger partial charge in [0, 0.05) is 28.7 Å². The van der Waals surface area contributed by atoms with Crippen molar-refractivity contribution in [3.63, 3.8) is 0 Å². The summed E-state index contributed by atoms with van der Waals surface area (Å²) < 4.78 is 1.07. The van der Waals surface area contributed by atoms with Gasteiger partial charge in [0.25, 0.3) is 0 Å². The maximum atomic E-state index is 4.91. The largest absolute Gasteiger partial charge is 0.341 e. The molecular formula is C22H22BrN3. The van der Waals surface area contributed by atoms with E-state index in [9.17, 15) is 0 Å². The first-order valence-corrected chi connectivity index (χ1v) is 9.95. The third-order valence-electron chi connectivity index (χ3n) is 4.84. The lowest BCUT2D eigenvalue weighted by atomic mass is 10.1. The molecule has 0 aliphatic carbocycles. The molecule has 0 bridgehead atoms. The molecule has 0 saturated carbocycles. The number of halogens is 1. The molecule has 1 aliphatic rings. The first-order chi connectivity index (χ1) is 12.7. The number of nitrogens with zero attached hydrogens (tertiary/aromatic N) is 3. The third kappa shape index (κ3) is 3.80. The molecule has 4 heteroatoms. The van der Waals surface area contributed by atoms with Crippen LogP contribution in [0.1, 0.15) is 24.8 Å². The van der Waals surface area contributed by atoms with Gasteiger partial charge >= 0.3 is 0 Å². The fourth-order valence-electron chi connectivity index (χ4n) is 3.31. The van der Waals surface area contributed by atoms with Gasteiger partial charge in [0.05, 0.1) is 11.4 Å². The fourth-order valence-corrected chi connectivity index (χ4v) is 3.57. The van der Waals surface area contributed by atoms with Gasteiger partial charge in [-0.3, -0.25) is 0 Å². The summed E-state index contributed by atoms with van der Waals surface area (Å²) in [5.41, 5.74) is 5.46. The Morgan fingerprint density at radius 3 is 1.88 bits per heavy atom. The number of aryl methyl sites for hydroxylation is 1. The van der Waals surface area contributed by atoms with Crippen molar-refractivity contribution in [1.29, 1.82) is 0 Å². The molecule has 0 spiro atoms. The molecule has 132 valence electrons. The minimum atomic E-state index is 0.848. The summed E-state index contributed by atoms with van der Waals surface area (Å²) in [7, 11) is 0. The van der Waals surface area contributed by atoms with Gasteiger partial charge in [-0.15, -0.1) is 0 Å². The Bertz CT molecular complexity index is 819. The van der Waals surface area contributed by atoms with Crippen LogP contribution in [0.5, 0.6) is 0 Å². The monoisotopic (exact) mass is 407 g/mol. The number of aromatic nitrogens is 2. The highest BCUT2D eigenvalue weighted by Crippen LogP contribution is 2.28. The molecule has 26 heavy (non-hydrogen) atoms. The summed E-state index contributed by atoms with van der Waals surface area (Å²) in [5.74, 6) is 0.848. The van der Waals surface area contributed by atoms with Crippen LogP contribution in [0.15, 0.2) is 59.1 Å². The number of piperidine rings is 1. The standard InChI is InChI=1S/C22H22BrN3/c1-16-5-7-17(8-6-16)20-15-21(18-9-11-19(23)12-10-18)25-22(24-20)26-13-3-2-4-14-26/h5-12,15H,2-4,13-14H2,1H3. The molecule has 0 atom stereocenters. The van der Waals surface area contributed by atoms with Crippen LogP contribution in [0, 0.1) is 6.92 Å². The molecule has 4 rings (SSSR count). The van der Waals surface area contributed by atoms with Gasteiger partial charge in [0.15, 0.2) is 0 Å². The molecule has 1 saturated heterocycles. The number of anilines is 1. The zero-order valence-electron chi connectivity index (χ0n) is 15.0. The van der Waals surface area contributed by atoms with E-state index in [1.54, 1.807) is 0 Å². The van der Waals surface area contributed by atoms with Gasteiger partial charge in [0.2, 0.25) is 5.95 Å². The first kappa shape index (κ1) is 17.2. The minimum Gasteiger partial charge on any atom is -0.341 e. The average Bonchev–Trinajstić information content (AvgIpc) is 2.69. The van der Waals surface area contributed by atoms with Crippen molar-refractivity contribution in [1.82, 2.24) is 9.97 Å². The normalized spacial score (nSPS) is 14.5. The Hall–Kier alpha value is -2.20. The van der Waals surface area contributed by atoms with E-state index in [0.717, 1.165) is 46.0 Å². The van der Waals surface area contributed by atoms with Crippen LogP contribution in [0.4, 0.5) is 5.95 Å². The van der Waals surface area contributed by atoms with Crippen molar-refractivity contribution in [3.05, 3.63) is 64.6 Å². The third-order valence-corrected chi connectivity index (χ3v) is 5.37. The van der Waals surface area contributed by atoms with Crippen LogP contribution < -0.4 is 4.90 Å². The van der Waals surface area contributed by atoms with Crippen molar-refractivity contribution in [3.8, 4) is 22.5 Å². The van der Waals surface area contributed by atoms with Gasteiger partial charge in [0.1, 0.15) is 0 Å². The number of benzene rings is 2. The summed E-state index contributed by atoms with van der Waals surface area (Å²) >= 11 is 3.51. The molecule has 2 aromatic carbocycles. The van der Waals surface area contributed by atoms with Gasteiger partial charge in [-0.2, -0.15) is 0 Å². The van der Waals surface area contributed by atoms with E-state index in [-0.39, 0.29) is 0 Å². The van der Waals surface area contributed by atoms with E-state index < -0.39 is 0 Å². The molecule has 2 heterocycles. The summed E-state index contributed by atoms with van der Waals surface area (Å²) in [6.07, 6.45) is 3.73. The predicted octanol–water partition coefficient (Wildman–Crippen LogP) is 5.87. The minimum absolute atomic E-state index is 0.848. The smallest absolute Gasteiger partial charge is 0.226 e.